The molecule has 0 radical (unpaired) electrons. The van der Waals surface area contributed by atoms with E-state index in [0.717, 1.165) is 28.0 Å². The first kappa shape index (κ1) is 13.6. The van der Waals surface area contributed by atoms with Gasteiger partial charge >= 0.3 is 0 Å². The molecule has 1 atom stereocenters. The molecule has 0 aliphatic carbocycles. The fourth-order valence-corrected chi connectivity index (χ4v) is 2.21. The Hall–Kier alpha value is -0.490. The third-order valence-electron chi connectivity index (χ3n) is 2.30. The summed E-state index contributed by atoms with van der Waals surface area (Å²) in [5.41, 5.74) is 1.12. The van der Waals surface area contributed by atoms with Crippen molar-refractivity contribution >= 4 is 27.5 Å². The fraction of sp³-hybridized carbons (Fsp3) is 0.385. The Morgan fingerprint density at radius 1 is 1.56 bits per heavy atom. The number of nitrogens with one attached hydrogen (secondary N) is 1. The molecule has 0 bridgehead atoms. The molecule has 1 aromatic carbocycles. The summed E-state index contributed by atoms with van der Waals surface area (Å²) < 4.78 is 1.04. The highest BCUT2D eigenvalue weighted by atomic mass is 79.9. The molecule has 3 heteroatoms. The molecule has 1 aromatic rings. The molecule has 1 N–H and O–H groups in total. The van der Waals surface area contributed by atoms with Gasteiger partial charge in [-0.2, -0.15) is 0 Å². The Kier molecular flexibility index (Phi) is 5.90. The minimum atomic E-state index is 0.165. The Morgan fingerprint density at radius 2 is 2.31 bits per heavy atom. The average Bonchev–Trinajstić information content (AvgIpc) is 2.28. The number of hydrogen-bond donors (Lipinski definition) is 1. The molecule has 0 aliphatic heterocycles. The van der Waals surface area contributed by atoms with Crippen LogP contribution in [0.2, 0.25) is 5.02 Å². The van der Waals surface area contributed by atoms with Crippen molar-refractivity contribution in [3.8, 4) is 12.3 Å². The van der Waals surface area contributed by atoms with Crippen LogP contribution < -0.4 is 5.32 Å². The van der Waals surface area contributed by atoms with Gasteiger partial charge in [-0.25, -0.2) is 0 Å². The van der Waals surface area contributed by atoms with Crippen LogP contribution in [0.5, 0.6) is 0 Å². The second-order valence-electron chi connectivity index (χ2n) is 3.58. The number of benzene rings is 1. The second kappa shape index (κ2) is 6.96. The van der Waals surface area contributed by atoms with E-state index in [4.69, 9.17) is 18.0 Å². The van der Waals surface area contributed by atoms with E-state index < -0.39 is 0 Å². The first-order valence-electron chi connectivity index (χ1n) is 5.30. The standard InChI is InChI=1S/C13H15BrClN/c1-3-5-13(16-8-4-2)11-9-10(15)6-7-12(11)14/h1,6-7,9,13,16H,4-5,8H2,2H3. The zero-order valence-corrected chi connectivity index (χ0v) is 11.6. The third kappa shape index (κ3) is 3.83. The summed E-state index contributed by atoms with van der Waals surface area (Å²) >= 11 is 9.52. The monoisotopic (exact) mass is 299 g/mol. The van der Waals surface area contributed by atoms with Gasteiger partial charge in [-0.3, -0.25) is 0 Å². The lowest BCUT2D eigenvalue weighted by Gasteiger charge is -2.18. The maximum atomic E-state index is 5.99. The molecule has 1 rings (SSSR count). The number of rotatable bonds is 5. The molecular weight excluding hydrogens is 286 g/mol. The van der Waals surface area contributed by atoms with Crippen LogP contribution in [-0.4, -0.2) is 6.54 Å². The Labute approximate surface area is 111 Å². The van der Waals surface area contributed by atoms with Gasteiger partial charge in [0.1, 0.15) is 0 Å². The summed E-state index contributed by atoms with van der Waals surface area (Å²) in [5, 5.41) is 4.16. The molecule has 1 unspecified atom stereocenters. The predicted molar refractivity (Wildman–Crippen MR) is 73.6 cm³/mol. The average molecular weight is 301 g/mol. The van der Waals surface area contributed by atoms with Gasteiger partial charge in [-0.05, 0) is 36.7 Å². The lowest BCUT2D eigenvalue weighted by Crippen LogP contribution is -2.22. The van der Waals surface area contributed by atoms with Gasteiger partial charge in [0.2, 0.25) is 0 Å². The zero-order chi connectivity index (χ0) is 12.0. The van der Waals surface area contributed by atoms with E-state index in [-0.39, 0.29) is 6.04 Å². The SMILES string of the molecule is C#CCC(NCCC)c1cc(Cl)ccc1Br. The van der Waals surface area contributed by atoms with Gasteiger partial charge in [0, 0.05) is 22.0 Å². The van der Waals surface area contributed by atoms with Gasteiger partial charge in [-0.1, -0.05) is 34.5 Å². The van der Waals surface area contributed by atoms with E-state index in [9.17, 15) is 0 Å². The molecule has 16 heavy (non-hydrogen) atoms. The van der Waals surface area contributed by atoms with E-state index in [0.29, 0.717) is 6.42 Å². The lowest BCUT2D eigenvalue weighted by atomic mass is 10.0. The first-order valence-corrected chi connectivity index (χ1v) is 6.48. The summed E-state index contributed by atoms with van der Waals surface area (Å²) in [6.45, 7) is 3.08. The summed E-state index contributed by atoms with van der Waals surface area (Å²) in [7, 11) is 0. The van der Waals surface area contributed by atoms with Crippen molar-refractivity contribution in [2.24, 2.45) is 0 Å². The number of hydrogen-bond acceptors (Lipinski definition) is 1. The quantitative estimate of drug-likeness (QED) is 0.805. The zero-order valence-electron chi connectivity index (χ0n) is 9.26. The van der Waals surface area contributed by atoms with Gasteiger partial charge < -0.3 is 5.32 Å². The van der Waals surface area contributed by atoms with Crippen molar-refractivity contribution < 1.29 is 0 Å². The molecule has 0 aromatic heterocycles. The van der Waals surface area contributed by atoms with E-state index in [1.54, 1.807) is 0 Å². The maximum Gasteiger partial charge on any atom is 0.0442 e. The molecule has 0 saturated heterocycles. The van der Waals surface area contributed by atoms with Crippen LogP contribution in [0.25, 0.3) is 0 Å². The van der Waals surface area contributed by atoms with Crippen molar-refractivity contribution in [3.63, 3.8) is 0 Å². The Morgan fingerprint density at radius 3 is 2.94 bits per heavy atom. The molecule has 0 heterocycles. The predicted octanol–water partition coefficient (Wildman–Crippen LogP) is 4.17. The molecule has 0 saturated carbocycles. The van der Waals surface area contributed by atoms with Crippen molar-refractivity contribution in [2.75, 3.05) is 6.54 Å². The fourth-order valence-electron chi connectivity index (χ4n) is 1.51. The van der Waals surface area contributed by atoms with Crippen LogP contribution in [0.4, 0.5) is 0 Å². The van der Waals surface area contributed by atoms with Crippen LogP contribution in [0.3, 0.4) is 0 Å². The molecular formula is C13H15BrClN. The van der Waals surface area contributed by atoms with Crippen LogP contribution >= 0.6 is 27.5 Å². The lowest BCUT2D eigenvalue weighted by molar-refractivity contribution is 0.541. The van der Waals surface area contributed by atoms with Gasteiger partial charge in [-0.15, -0.1) is 12.3 Å². The molecule has 0 fully saturated rings. The number of terminal acetylenes is 1. The molecule has 86 valence electrons. The topological polar surface area (TPSA) is 12.0 Å². The molecule has 1 nitrogen and oxygen atoms in total. The highest BCUT2D eigenvalue weighted by Crippen LogP contribution is 2.28. The number of halogens is 2. The summed E-state index contributed by atoms with van der Waals surface area (Å²) in [5.74, 6) is 2.70. The van der Waals surface area contributed by atoms with E-state index in [2.05, 4.69) is 34.1 Å². The molecule has 0 aliphatic rings. The minimum absolute atomic E-state index is 0.165. The van der Waals surface area contributed by atoms with Crippen LogP contribution in [0.15, 0.2) is 22.7 Å². The maximum absolute atomic E-state index is 5.99. The smallest absolute Gasteiger partial charge is 0.0442 e. The summed E-state index contributed by atoms with van der Waals surface area (Å²) in [6.07, 6.45) is 7.14. The highest BCUT2D eigenvalue weighted by Gasteiger charge is 2.12. The summed E-state index contributed by atoms with van der Waals surface area (Å²) in [6, 6.07) is 5.94. The van der Waals surface area contributed by atoms with Crippen molar-refractivity contribution in [2.45, 2.75) is 25.8 Å². The van der Waals surface area contributed by atoms with Crippen molar-refractivity contribution in [1.29, 1.82) is 0 Å². The normalized spacial score (nSPS) is 12.1. The van der Waals surface area contributed by atoms with E-state index in [1.165, 1.54) is 0 Å². The van der Waals surface area contributed by atoms with Crippen LogP contribution in [0, 0.1) is 12.3 Å². The molecule has 0 spiro atoms. The Bertz CT molecular complexity index is 384. The van der Waals surface area contributed by atoms with Gasteiger partial charge in [0.15, 0.2) is 0 Å². The van der Waals surface area contributed by atoms with Gasteiger partial charge in [0.05, 0.1) is 0 Å². The largest absolute Gasteiger partial charge is 0.309 e. The van der Waals surface area contributed by atoms with Crippen LogP contribution in [0.1, 0.15) is 31.4 Å². The van der Waals surface area contributed by atoms with Crippen molar-refractivity contribution in [3.05, 3.63) is 33.3 Å². The van der Waals surface area contributed by atoms with Gasteiger partial charge in [0.25, 0.3) is 0 Å². The van der Waals surface area contributed by atoms with E-state index >= 15 is 0 Å². The van der Waals surface area contributed by atoms with E-state index in [1.807, 2.05) is 18.2 Å². The Balaban J connectivity index is 2.91. The first-order chi connectivity index (χ1) is 7.69. The highest BCUT2D eigenvalue weighted by molar-refractivity contribution is 9.10. The van der Waals surface area contributed by atoms with Crippen LogP contribution in [-0.2, 0) is 0 Å². The van der Waals surface area contributed by atoms with Crippen molar-refractivity contribution in [1.82, 2.24) is 5.32 Å². The third-order valence-corrected chi connectivity index (χ3v) is 3.25. The minimum Gasteiger partial charge on any atom is -0.309 e. The second-order valence-corrected chi connectivity index (χ2v) is 4.87. The summed E-state index contributed by atoms with van der Waals surface area (Å²) in [4.78, 5) is 0. The molecule has 0 amide bonds.